The van der Waals surface area contributed by atoms with Crippen LogP contribution in [0.4, 0.5) is 5.00 Å². The second kappa shape index (κ2) is 8.70. The van der Waals surface area contributed by atoms with Gasteiger partial charge in [0.05, 0.1) is 18.6 Å². The maximum absolute atomic E-state index is 12.6. The first-order valence-corrected chi connectivity index (χ1v) is 10.5. The van der Waals surface area contributed by atoms with Crippen molar-refractivity contribution in [1.29, 1.82) is 0 Å². The van der Waals surface area contributed by atoms with Crippen molar-refractivity contribution in [2.75, 3.05) is 11.9 Å². The van der Waals surface area contributed by atoms with Gasteiger partial charge in [0.1, 0.15) is 5.00 Å². The average molecular weight is 386 g/mol. The maximum atomic E-state index is 12.6. The van der Waals surface area contributed by atoms with Gasteiger partial charge in [-0.2, -0.15) is 0 Å². The van der Waals surface area contributed by atoms with Gasteiger partial charge in [-0.3, -0.25) is 4.79 Å². The van der Waals surface area contributed by atoms with E-state index in [-0.39, 0.29) is 11.9 Å². The number of fused-ring (bicyclic) bond motifs is 1. The van der Waals surface area contributed by atoms with Gasteiger partial charge >= 0.3 is 5.97 Å². The van der Waals surface area contributed by atoms with Crippen molar-refractivity contribution in [3.63, 3.8) is 0 Å². The van der Waals surface area contributed by atoms with Crippen LogP contribution in [0.5, 0.6) is 0 Å². The van der Waals surface area contributed by atoms with Crippen LogP contribution in [0.15, 0.2) is 24.3 Å². The van der Waals surface area contributed by atoms with Crippen LogP contribution in [0, 0.1) is 0 Å². The van der Waals surface area contributed by atoms with Gasteiger partial charge in [0.25, 0.3) is 0 Å². The smallest absolute Gasteiger partial charge is 0.341 e. The topological polar surface area (TPSA) is 55.4 Å². The van der Waals surface area contributed by atoms with Gasteiger partial charge in [0, 0.05) is 4.88 Å². The highest BCUT2D eigenvalue weighted by Gasteiger charge is 2.27. The molecular weight excluding hydrogens is 358 g/mol. The molecule has 0 fully saturated rings. The Kier molecular flexibility index (Phi) is 6.32. The molecule has 0 bridgehead atoms. The van der Waals surface area contributed by atoms with Crippen LogP contribution in [-0.2, 0) is 28.8 Å². The van der Waals surface area contributed by atoms with E-state index in [1.807, 2.05) is 12.1 Å². The Bertz CT molecular complexity index is 821. The fraction of sp³-hybridized carbons (Fsp3) is 0.455. The van der Waals surface area contributed by atoms with Crippen molar-refractivity contribution in [2.45, 2.75) is 58.8 Å². The summed E-state index contributed by atoms with van der Waals surface area (Å²) in [4.78, 5) is 26.3. The first-order valence-electron chi connectivity index (χ1n) is 9.70. The molecule has 0 atom stereocenters. The van der Waals surface area contributed by atoms with Crippen molar-refractivity contribution in [3.8, 4) is 0 Å². The number of carbonyl (C=O) groups excluding carboxylic acids is 2. The molecule has 1 amide bonds. The molecule has 0 unspecified atom stereocenters. The monoisotopic (exact) mass is 385 g/mol. The molecule has 0 spiro atoms. The Hall–Kier alpha value is -2.14. The number of esters is 1. The van der Waals surface area contributed by atoms with Crippen molar-refractivity contribution in [2.24, 2.45) is 0 Å². The van der Waals surface area contributed by atoms with E-state index in [2.05, 4.69) is 31.3 Å². The summed E-state index contributed by atoms with van der Waals surface area (Å²) in [6, 6.07) is 8.14. The highest BCUT2D eigenvalue weighted by atomic mass is 32.1. The molecule has 0 saturated carbocycles. The van der Waals surface area contributed by atoms with E-state index in [1.54, 1.807) is 6.92 Å². The lowest BCUT2D eigenvalue weighted by atomic mass is 9.95. The largest absolute Gasteiger partial charge is 0.462 e. The van der Waals surface area contributed by atoms with E-state index in [1.165, 1.54) is 21.8 Å². The lowest BCUT2D eigenvalue weighted by Gasteiger charge is -2.12. The zero-order valence-corrected chi connectivity index (χ0v) is 17.1. The zero-order valence-electron chi connectivity index (χ0n) is 16.3. The normalized spacial score (nSPS) is 13.3. The summed E-state index contributed by atoms with van der Waals surface area (Å²) in [5, 5.41) is 3.61. The quantitative estimate of drug-likeness (QED) is 0.703. The number of hydrogen-bond donors (Lipinski definition) is 1. The summed E-state index contributed by atoms with van der Waals surface area (Å²) in [7, 11) is 0. The van der Waals surface area contributed by atoms with Crippen molar-refractivity contribution in [3.05, 3.63) is 51.4 Å². The molecule has 144 valence electrons. The van der Waals surface area contributed by atoms with Gasteiger partial charge in [-0.05, 0) is 55.2 Å². The summed E-state index contributed by atoms with van der Waals surface area (Å²) in [5.41, 5.74) is 3.87. The Balaban J connectivity index is 1.77. The number of hydrogen-bond acceptors (Lipinski definition) is 4. The molecule has 1 aromatic carbocycles. The lowest BCUT2D eigenvalue weighted by molar-refractivity contribution is -0.115. The molecule has 2 aromatic rings. The molecule has 4 nitrogen and oxygen atoms in total. The average Bonchev–Trinajstić information content (AvgIpc) is 3.00. The summed E-state index contributed by atoms with van der Waals surface area (Å²) in [5.74, 6) is 0.0439. The number of anilines is 1. The first-order chi connectivity index (χ1) is 13.0. The summed E-state index contributed by atoms with van der Waals surface area (Å²) >= 11 is 1.53. The minimum Gasteiger partial charge on any atom is -0.462 e. The Morgan fingerprint density at radius 2 is 1.85 bits per heavy atom. The number of benzene rings is 1. The van der Waals surface area contributed by atoms with Crippen LogP contribution >= 0.6 is 11.3 Å². The number of carbonyl (C=O) groups is 2. The van der Waals surface area contributed by atoms with Gasteiger partial charge in [-0.15, -0.1) is 11.3 Å². The van der Waals surface area contributed by atoms with E-state index in [9.17, 15) is 9.59 Å². The number of aryl methyl sites for hydroxylation is 1. The lowest BCUT2D eigenvalue weighted by Crippen LogP contribution is -2.17. The van der Waals surface area contributed by atoms with Crippen LogP contribution in [0.3, 0.4) is 0 Å². The molecule has 1 N–H and O–H groups in total. The van der Waals surface area contributed by atoms with E-state index in [4.69, 9.17) is 4.74 Å². The van der Waals surface area contributed by atoms with Crippen LogP contribution in [0.25, 0.3) is 0 Å². The Morgan fingerprint density at radius 3 is 2.52 bits per heavy atom. The molecule has 1 aliphatic rings. The molecule has 1 aromatic heterocycles. The van der Waals surface area contributed by atoms with E-state index in [0.29, 0.717) is 29.5 Å². The minimum absolute atomic E-state index is 0.101. The van der Waals surface area contributed by atoms with Crippen LogP contribution in [0.2, 0.25) is 0 Å². The molecule has 3 rings (SSSR count). The third kappa shape index (κ3) is 4.59. The summed E-state index contributed by atoms with van der Waals surface area (Å²) in [6.07, 6.45) is 4.35. The fourth-order valence-corrected chi connectivity index (χ4v) is 4.74. The van der Waals surface area contributed by atoms with Crippen LogP contribution in [-0.4, -0.2) is 18.5 Å². The summed E-state index contributed by atoms with van der Waals surface area (Å²) < 4.78 is 5.24. The molecule has 1 heterocycles. The molecule has 1 aliphatic carbocycles. The molecule has 0 saturated heterocycles. The molecule has 5 heteroatoms. The van der Waals surface area contributed by atoms with E-state index in [0.717, 1.165) is 36.8 Å². The minimum atomic E-state index is -0.325. The van der Waals surface area contributed by atoms with E-state index < -0.39 is 0 Å². The maximum Gasteiger partial charge on any atom is 0.341 e. The van der Waals surface area contributed by atoms with Crippen molar-refractivity contribution >= 4 is 28.2 Å². The fourth-order valence-electron chi connectivity index (χ4n) is 3.45. The molecule has 27 heavy (non-hydrogen) atoms. The standard InChI is InChI=1S/C22H27NO3S/c1-4-26-22(25)20-17-7-5-6-8-18(17)27-21(20)23-19(24)13-15-9-11-16(12-10-15)14(2)3/h9-12,14H,4-8,13H2,1-3H3,(H,23,24). The number of thiophene rings is 1. The third-order valence-electron chi connectivity index (χ3n) is 4.91. The zero-order chi connectivity index (χ0) is 19.4. The SMILES string of the molecule is CCOC(=O)c1c(NC(=O)Cc2ccc(C(C)C)cc2)sc2c1CCCC2. The van der Waals surface area contributed by atoms with Gasteiger partial charge < -0.3 is 10.1 Å². The Morgan fingerprint density at radius 1 is 1.15 bits per heavy atom. The molecule has 0 aliphatic heterocycles. The van der Waals surface area contributed by atoms with Gasteiger partial charge in [0.2, 0.25) is 5.91 Å². The molecule has 0 radical (unpaired) electrons. The first kappa shape index (κ1) is 19.6. The number of nitrogens with one attached hydrogen (secondary N) is 1. The summed E-state index contributed by atoms with van der Waals surface area (Å²) in [6.45, 7) is 6.43. The van der Waals surface area contributed by atoms with Gasteiger partial charge in [-0.25, -0.2) is 4.79 Å². The predicted molar refractivity (Wildman–Crippen MR) is 110 cm³/mol. The number of ether oxygens (including phenoxy) is 1. The van der Waals surface area contributed by atoms with E-state index >= 15 is 0 Å². The van der Waals surface area contributed by atoms with Crippen LogP contribution in [0.1, 0.15) is 71.5 Å². The molecular formula is C22H27NO3S. The number of rotatable bonds is 6. The van der Waals surface area contributed by atoms with Crippen molar-refractivity contribution in [1.82, 2.24) is 0 Å². The van der Waals surface area contributed by atoms with Gasteiger partial charge in [-0.1, -0.05) is 38.1 Å². The van der Waals surface area contributed by atoms with Crippen molar-refractivity contribution < 1.29 is 14.3 Å². The highest BCUT2D eigenvalue weighted by molar-refractivity contribution is 7.17. The third-order valence-corrected chi connectivity index (χ3v) is 6.12. The highest BCUT2D eigenvalue weighted by Crippen LogP contribution is 2.38. The second-order valence-corrected chi connectivity index (χ2v) is 8.36. The van der Waals surface area contributed by atoms with Crippen LogP contribution < -0.4 is 5.32 Å². The van der Waals surface area contributed by atoms with Gasteiger partial charge in [0.15, 0.2) is 0 Å². The Labute approximate surface area is 164 Å². The predicted octanol–water partition coefficient (Wildman–Crippen LogP) is 5.11. The second-order valence-electron chi connectivity index (χ2n) is 7.26. The number of amides is 1.